The zero-order valence-electron chi connectivity index (χ0n) is 14.9. The smallest absolute Gasteiger partial charge is 0.422 e. The fourth-order valence-electron chi connectivity index (χ4n) is 3.47. The highest BCUT2D eigenvalue weighted by Gasteiger charge is 2.48. The van der Waals surface area contributed by atoms with Crippen molar-refractivity contribution in [1.82, 2.24) is 10.6 Å². The van der Waals surface area contributed by atoms with Gasteiger partial charge < -0.3 is 15.4 Å². The third-order valence-corrected chi connectivity index (χ3v) is 5.03. The molecule has 1 heterocycles. The molecule has 1 atom stereocenters. The summed E-state index contributed by atoms with van der Waals surface area (Å²) in [6, 6.07) is 5.53. The number of hydrogen-bond acceptors (Lipinski definition) is 4. The quantitative estimate of drug-likeness (QED) is 0.725. The van der Waals surface area contributed by atoms with E-state index in [0.717, 1.165) is 19.3 Å². The van der Waals surface area contributed by atoms with Gasteiger partial charge in [0.1, 0.15) is 0 Å². The lowest BCUT2D eigenvalue weighted by atomic mass is 9.68. The molecule has 0 bridgehead atoms. The first kappa shape index (κ1) is 20.0. The topological polar surface area (TPSA) is 96.5 Å². The van der Waals surface area contributed by atoms with Crippen molar-refractivity contribution in [1.29, 1.82) is 0 Å². The van der Waals surface area contributed by atoms with Gasteiger partial charge in [-0.25, -0.2) is 4.79 Å². The van der Waals surface area contributed by atoms with Crippen LogP contribution in [0.5, 0.6) is 0 Å². The Labute approximate surface area is 159 Å². The monoisotopic (exact) mass is 399 g/mol. The van der Waals surface area contributed by atoms with Crippen LogP contribution in [0.4, 0.5) is 23.7 Å². The van der Waals surface area contributed by atoms with E-state index in [1.807, 2.05) is 0 Å². The van der Waals surface area contributed by atoms with Crippen molar-refractivity contribution < 1.29 is 32.3 Å². The molecular weight excluding hydrogens is 379 g/mol. The highest BCUT2D eigenvalue weighted by atomic mass is 19.4. The number of ether oxygens (including phenoxy) is 1. The van der Waals surface area contributed by atoms with E-state index < -0.39 is 18.9 Å². The van der Waals surface area contributed by atoms with Crippen molar-refractivity contribution in [3.8, 4) is 0 Å². The van der Waals surface area contributed by atoms with Gasteiger partial charge in [-0.15, -0.1) is 0 Å². The second-order valence-electron chi connectivity index (χ2n) is 7.02. The summed E-state index contributed by atoms with van der Waals surface area (Å²) in [5.41, 5.74) is 0.166. The molecule has 1 aliphatic heterocycles. The normalized spacial score (nSPS) is 20.7. The molecular formula is C18H20F3N3O4. The number of halogens is 3. The van der Waals surface area contributed by atoms with Gasteiger partial charge in [-0.3, -0.25) is 14.9 Å². The maximum absolute atomic E-state index is 12.5. The van der Waals surface area contributed by atoms with Crippen LogP contribution in [0.15, 0.2) is 24.3 Å². The van der Waals surface area contributed by atoms with Gasteiger partial charge in [-0.05, 0) is 49.9 Å². The molecule has 3 N–H and O–H groups in total. The summed E-state index contributed by atoms with van der Waals surface area (Å²) in [5, 5.41) is 8.11. The number of piperidine rings is 1. The molecule has 2 aliphatic rings. The van der Waals surface area contributed by atoms with Crippen LogP contribution in [0.3, 0.4) is 0 Å². The minimum Gasteiger partial charge on any atom is -0.440 e. The van der Waals surface area contributed by atoms with Gasteiger partial charge in [0.15, 0.2) is 6.61 Å². The second-order valence-corrected chi connectivity index (χ2v) is 7.02. The molecule has 1 aromatic carbocycles. The Morgan fingerprint density at radius 3 is 2.46 bits per heavy atom. The molecule has 7 nitrogen and oxygen atoms in total. The number of nitrogens with one attached hydrogen (secondary N) is 3. The SMILES string of the molecule is O=C1CCC(NC(=O)c2ccc(NC(=O)OCC(F)(F)F)cc2)C2(CCC2)N1. The van der Waals surface area contributed by atoms with Gasteiger partial charge in [0.05, 0.1) is 11.6 Å². The van der Waals surface area contributed by atoms with Gasteiger partial charge in [-0.1, -0.05) is 0 Å². The summed E-state index contributed by atoms with van der Waals surface area (Å²) in [6.07, 6.45) is -2.26. The average molecular weight is 399 g/mol. The Bertz CT molecular complexity index is 760. The number of rotatable bonds is 4. The molecule has 1 aliphatic carbocycles. The van der Waals surface area contributed by atoms with E-state index in [-0.39, 0.29) is 29.1 Å². The minimum absolute atomic E-state index is 0.00182. The van der Waals surface area contributed by atoms with Gasteiger partial charge in [0.25, 0.3) is 5.91 Å². The van der Waals surface area contributed by atoms with E-state index in [0.29, 0.717) is 18.4 Å². The number of alkyl halides is 3. The van der Waals surface area contributed by atoms with E-state index in [4.69, 9.17) is 0 Å². The number of carbonyl (C=O) groups is 3. The summed E-state index contributed by atoms with van der Waals surface area (Å²) in [5.74, 6) is -0.323. The number of carbonyl (C=O) groups excluding carboxylic acids is 3. The third kappa shape index (κ3) is 4.73. The van der Waals surface area contributed by atoms with Crippen molar-refractivity contribution in [3.05, 3.63) is 29.8 Å². The Hall–Kier alpha value is -2.78. The molecule has 0 radical (unpaired) electrons. The van der Waals surface area contributed by atoms with E-state index >= 15 is 0 Å². The number of anilines is 1. The van der Waals surface area contributed by atoms with Gasteiger partial charge in [-0.2, -0.15) is 13.2 Å². The lowest BCUT2D eigenvalue weighted by molar-refractivity contribution is -0.159. The van der Waals surface area contributed by atoms with Crippen LogP contribution >= 0.6 is 0 Å². The molecule has 3 amide bonds. The van der Waals surface area contributed by atoms with E-state index in [2.05, 4.69) is 20.7 Å². The molecule has 0 aromatic heterocycles. The largest absolute Gasteiger partial charge is 0.440 e. The Kier molecular flexibility index (Phi) is 5.48. The first-order chi connectivity index (χ1) is 13.2. The molecule has 152 valence electrons. The fourth-order valence-corrected chi connectivity index (χ4v) is 3.47. The first-order valence-corrected chi connectivity index (χ1v) is 8.89. The van der Waals surface area contributed by atoms with Gasteiger partial charge in [0, 0.05) is 17.7 Å². The molecule has 1 aromatic rings. The van der Waals surface area contributed by atoms with Crippen molar-refractivity contribution in [2.75, 3.05) is 11.9 Å². The highest BCUT2D eigenvalue weighted by molar-refractivity contribution is 5.95. The summed E-state index contributed by atoms with van der Waals surface area (Å²) >= 11 is 0. The van der Waals surface area contributed by atoms with Gasteiger partial charge in [0.2, 0.25) is 5.91 Å². The molecule has 1 spiro atoms. The van der Waals surface area contributed by atoms with Gasteiger partial charge >= 0.3 is 12.3 Å². The molecule has 28 heavy (non-hydrogen) atoms. The number of benzene rings is 1. The maximum Gasteiger partial charge on any atom is 0.422 e. The van der Waals surface area contributed by atoms with Crippen molar-refractivity contribution in [2.24, 2.45) is 0 Å². The first-order valence-electron chi connectivity index (χ1n) is 8.89. The maximum atomic E-state index is 12.5. The fraction of sp³-hybridized carbons (Fsp3) is 0.500. The number of hydrogen-bond donors (Lipinski definition) is 3. The minimum atomic E-state index is -4.60. The predicted molar refractivity (Wildman–Crippen MR) is 92.7 cm³/mol. The molecule has 10 heteroatoms. The van der Waals surface area contributed by atoms with Crippen LogP contribution in [0, 0.1) is 0 Å². The van der Waals surface area contributed by atoms with Crippen molar-refractivity contribution in [2.45, 2.75) is 49.9 Å². The molecule has 3 rings (SSSR count). The van der Waals surface area contributed by atoms with Crippen LogP contribution < -0.4 is 16.0 Å². The van der Waals surface area contributed by atoms with Crippen LogP contribution in [0.25, 0.3) is 0 Å². The van der Waals surface area contributed by atoms with Crippen molar-refractivity contribution >= 4 is 23.6 Å². The second kappa shape index (κ2) is 7.69. The summed E-state index contributed by atoms with van der Waals surface area (Å²) < 4.78 is 40.1. The molecule has 2 fully saturated rings. The molecule has 1 unspecified atom stereocenters. The van der Waals surface area contributed by atoms with E-state index in [9.17, 15) is 27.6 Å². The average Bonchev–Trinajstić information content (AvgIpc) is 2.60. The lowest BCUT2D eigenvalue weighted by Gasteiger charge is -2.50. The Morgan fingerprint density at radius 2 is 1.89 bits per heavy atom. The van der Waals surface area contributed by atoms with Crippen LogP contribution in [0.2, 0.25) is 0 Å². The summed E-state index contributed by atoms with van der Waals surface area (Å²) in [6.45, 7) is -1.68. The molecule has 1 saturated carbocycles. The zero-order valence-corrected chi connectivity index (χ0v) is 14.9. The van der Waals surface area contributed by atoms with Crippen molar-refractivity contribution in [3.63, 3.8) is 0 Å². The lowest BCUT2D eigenvalue weighted by Crippen LogP contribution is -2.68. The number of amides is 3. The Morgan fingerprint density at radius 1 is 1.21 bits per heavy atom. The highest BCUT2D eigenvalue weighted by Crippen LogP contribution is 2.39. The summed E-state index contributed by atoms with van der Waals surface area (Å²) in [7, 11) is 0. The standard InChI is InChI=1S/C18H20F3N3O4/c19-18(20,21)10-28-16(27)22-12-4-2-11(3-5-12)15(26)23-13-6-7-14(25)24-17(13)8-1-9-17/h2-5,13H,1,6-10H2,(H,22,27)(H,23,26)(H,24,25). The van der Waals surface area contributed by atoms with Crippen LogP contribution in [-0.2, 0) is 9.53 Å². The third-order valence-electron chi connectivity index (χ3n) is 5.03. The van der Waals surface area contributed by atoms with Crippen LogP contribution in [-0.4, -0.2) is 42.3 Å². The molecule has 1 saturated heterocycles. The Balaban J connectivity index is 1.55. The predicted octanol–water partition coefficient (Wildman–Crippen LogP) is 2.73. The van der Waals surface area contributed by atoms with E-state index in [1.54, 1.807) is 0 Å². The van der Waals surface area contributed by atoms with E-state index in [1.165, 1.54) is 24.3 Å². The zero-order chi connectivity index (χ0) is 20.4. The summed E-state index contributed by atoms with van der Waals surface area (Å²) in [4.78, 5) is 35.5. The van der Waals surface area contributed by atoms with Crippen LogP contribution in [0.1, 0.15) is 42.5 Å².